The van der Waals surface area contributed by atoms with Gasteiger partial charge in [-0.1, -0.05) is 106 Å². The summed E-state index contributed by atoms with van der Waals surface area (Å²) >= 11 is 0. The van der Waals surface area contributed by atoms with E-state index in [4.69, 9.17) is 5.11 Å². The zero-order valence-electron chi connectivity index (χ0n) is 22.1. The molecule has 190 valence electrons. The van der Waals surface area contributed by atoms with Gasteiger partial charge in [0.2, 0.25) is 0 Å². The highest BCUT2D eigenvalue weighted by atomic mass is 16.4. The van der Waals surface area contributed by atoms with Crippen molar-refractivity contribution in [3.05, 3.63) is 83.9 Å². The van der Waals surface area contributed by atoms with Gasteiger partial charge in [0, 0.05) is 0 Å². The summed E-state index contributed by atoms with van der Waals surface area (Å²) < 4.78 is 0. The lowest BCUT2D eigenvalue weighted by Crippen LogP contribution is -2.13. The van der Waals surface area contributed by atoms with E-state index in [0.717, 1.165) is 31.1 Å². The largest absolute Gasteiger partial charge is 0.481 e. The number of hydrogen-bond donors (Lipinski definition) is 1. The lowest BCUT2D eigenvalue weighted by Gasteiger charge is -2.29. The first-order valence-electron chi connectivity index (χ1n) is 14.1. The number of aryl methyl sites for hydroxylation is 1. The highest BCUT2D eigenvalue weighted by molar-refractivity contribution is 5.83. The highest BCUT2D eigenvalue weighted by Crippen LogP contribution is 2.39. The molecule has 1 fully saturated rings. The van der Waals surface area contributed by atoms with Gasteiger partial charge in [0.05, 0.1) is 5.92 Å². The average Bonchev–Trinajstić information content (AvgIpc) is 2.92. The molecule has 0 aromatic heterocycles. The first-order valence-corrected chi connectivity index (χ1v) is 14.1. The first-order chi connectivity index (χ1) is 17.5. The topological polar surface area (TPSA) is 37.3 Å². The molecule has 1 atom stereocenters. The van der Waals surface area contributed by atoms with Gasteiger partial charge in [0.1, 0.15) is 0 Å². The van der Waals surface area contributed by atoms with E-state index in [1.54, 1.807) is 6.92 Å². The van der Waals surface area contributed by atoms with Crippen LogP contribution in [-0.2, 0) is 11.2 Å². The number of hydrogen-bond acceptors (Lipinski definition) is 1. The van der Waals surface area contributed by atoms with Crippen LogP contribution in [0.25, 0.3) is 22.3 Å². The Bertz CT molecular complexity index is 1090. The molecule has 2 heteroatoms. The molecule has 1 aliphatic rings. The standard InChI is InChI=1S/C34H42O2/c1-3-4-9-26-13-17-28(18-14-26)29-21-23-31(24-22-29)33-12-6-5-11-32(33)30-19-15-27(16-20-30)10-7-8-25(2)34(35)36/h5-6,11-12,15-16,19-26,28H,3-4,7-10,13-14,17-18H2,1-2H3,(H,35,36)/t25?,26-,28-. The fourth-order valence-electron chi connectivity index (χ4n) is 5.79. The van der Waals surface area contributed by atoms with Crippen LogP contribution < -0.4 is 0 Å². The molecule has 1 saturated carbocycles. The minimum Gasteiger partial charge on any atom is -0.481 e. The van der Waals surface area contributed by atoms with E-state index in [1.807, 2.05) is 0 Å². The predicted octanol–water partition coefficient (Wildman–Crippen LogP) is 9.53. The van der Waals surface area contributed by atoms with Gasteiger partial charge in [0.25, 0.3) is 0 Å². The smallest absolute Gasteiger partial charge is 0.306 e. The Kier molecular flexibility index (Phi) is 9.39. The maximum absolute atomic E-state index is 11.0. The number of unbranched alkanes of at least 4 members (excludes halogenated alkanes) is 1. The number of aliphatic carboxylic acids is 1. The van der Waals surface area contributed by atoms with Crippen molar-refractivity contribution >= 4 is 5.97 Å². The van der Waals surface area contributed by atoms with E-state index >= 15 is 0 Å². The van der Waals surface area contributed by atoms with Crippen molar-refractivity contribution in [2.24, 2.45) is 11.8 Å². The molecular formula is C34H42O2. The number of rotatable bonds is 11. The van der Waals surface area contributed by atoms with Crippen molar-refractivity contribution in [2.75, 3.05) is 0 Å². The number of carbonyl (C=O) groups is 1. The quantitative estimate of drug-likeness (QED) is 0.295. The van der Waals surface area contributed by atoms with Crippen molar-refractivity contribution in [1.29, 1.82) is 0 Å². The third-order valence-electron chi connectivity index (χ3n) is 8.22. The first kappa shape index (κ1) is 26.2. The summed E-state index contributed by atoms with van der Waals surface area (Å²) in [4.78, 5) is 11.0. The van der Waals surface area contributed by atoms with Crippen LogP contribution in [-0.4, -0.2) is 11.1 Å². The van der Waals surface area contributed by atoms with Crippen LogP contribution in [0.3, 0.4) is 0 Å². The molecule has 0 heterocycles. The summed E-state index contributed by atoms with van der Waals surface area (Å²) in [6.07, 6.45) is 12.1. The zero-order valence-corrected chi connectivity index (χ0v) is 22.1. The highest BCUT2D eigenvalue weighted by Gasteiger charge is 2.22. The van der Waals surface area contributed by atoms with Crippen molar-refractivity contribution < 1.29 is 9.90 Å². The van der Waals surface area contributed by atoms with E-state index in [9.17, 15) is 4.79 Å². The van der Waals surface area contributed by atoms with Gasteiger partial charge in [-0.05, 0) is 90.2 Å². The van der Waals surface area contributed by atoms with Crippen LogP contribution in [0.15, 0.2) is 72.8 Å². The normalized spacial score (nSPS) is 18.6. The second kappa shape index (κ2) is 12.9. The molecule has 0 bridgehead atoms. The fourth-order valence-corrected chi connectivity index (χ4v) is 5.79. The molecule has 0 saturated heterocycles. The van der Waals surface area contributed by atoms with Crippen LogP contribution in [0.4, 0.5) is 0 Å². The van der Waals surface area contributed by atoms with Gasteiger partial charge < -0.3 is 5.11 Å². The third-order valence-corrected chi connectivity index (χ3v) is 8.22. The lowest BCUT2D eigenvalue weighted by molar-refractivity contribution is -0.141. The molecule has 0 radical (unpaired) electrons. The molecular weight excluding hydrogens is 440 g/mol. The summed E-state index contributed by atoms with van der Waals surface area (Å²) in [5, 5.41) is 9.08. The molecule has 1 N–H and O–H groups in total. The molecule has 4 rings (SSSR count). The summed E-state index contributed by atoms with van der Waals surface area (Å²) in [6.45, 7) is 4.09. The number of carboxylic acid groups (broad SMARTS) is 1. The fraction of sp³-hybridized carbons (Fsp3) is 0.441. The Morgan fingerprint density at radius 2 is 1.42 bits per heavy atom. The Hall–Kier alpha value is -2.87. The lowest BCUT2D eigenvalue weighted by atomic mass is 9.77. The van der Waals surface area contributed by atoms with Crippen LogP contribution in [0, 0.1) is 11.8 Å². The van der Waals surface area contributed by atoms with E-state index < -0.39 is 5.97 Å². The second-order valence-corrected chi connectivity index (χ2v) is 10.9. The van der Waals surface area contributed by atoms with E-state index in [2.05, 4.69) is 79.7 Å². The van der Waals surface area contributed by atoms with Crippen LogP contribution in [0.5, 0.6) is 0 Å². The molecule has 0 aliphatic heterocycles. The van der Waals surface area contributed by atoms with E-state index in [1.165, 1.54) is 78.3 Å². The predicted molar refractivity (Wildman–Crippen MR) is 151 cm³/mol. The maximum atomic E-state index is 11.0. The van der Waals surface area contributed by atoms with Crippen molar-refractivity contribution in [3.63, 3.8) is 0 Å². The summed E-state index contributed by atoms with van der Waals surface area (Å²) in [7, 11) is 0. The summed E-state index contributed by atoms with van der Waals surface area (Å²) in [6, 6.07) is 26.8. The van der Waals surface area contributed by atoms with Gasteiger partial charge in [-0.2, -0.15) is 0 Å². The molecule has 36 heavy (non-hydrogen) atoms. The molecule has 3 aromatic rings. The summed E-state index contributed by atoms with van der Waals surface area (Å²) in [5.74, 6) is 0.693. The molecule has 2 nitrogen and oxygen atoms in total. The summed E-state index contributed by atoms with van der Waals surface area (Å²) in [5.41, 5.74) is 7.80. The Balaban J connectivity index is 1.41. The molecule has 0 spiro atoms. The molecule has 1 aliphatic carbocycles. The van der Waals surface area contributed by atoms with Gasteiger partial charge in [0.15, 0.2) is 0 Å². The monoisotopic (exact) mass is 482 g/mol. The molecule has 0 amide bonds. The SMILES string of the molecule is CCCC[C@H]1CC[C@H](c2ccc(-c3ccccc3-c3ccc(CCCC(C)C(=O)O)cc3)cc2)CC1. The number of carboxylic acids is 1. The van der Waals surface area contributed by atoms with E-state index in [-0.39, 0.29) is 5.92 Å². The average molecular weight is 483 g/mol. The second-order valence-electron chi connectivity index (χ2n) is 10.9. The van der Waals surface area contributed by atoms with Gasteiger partial charge in [-0.15, -0.1) is 0 Å². The molecule has 1 unspecified atom stereocenters. The minimum atomic E-state index is -0.704. The van der Waals surface area contributed by atoms with Gasteiger partial charge in [-0.3, -0.25) is 4.79 Å². The van der Waals surface area contributed by atoms with Gasteiger partial charge >= 0.3 is 5.97 Å². The third kappa shape index (κ3) is 6.87. The Morgan fingerprint density at radius 3 is 1.97 bits per heavy atom. The van der Waals surface area contributed by atoms with Crippen molar-refractivity contribution in [1.82, 2.24) is 0 Å². The van der Waals surface area contributed by atoms with Crippen molar-refractivity contribution in [2.45, 2.75) is 84.0 Å². The van der Waals surface area contributed by atoms with Gasteiger partial charge in [-0.25, -0.2) is 0 Å². The number of benzene rings is 3. The van der Waals surface area contributed by atoms with Crippen LogP contribution in [0.1, 0.15) is 88.7 Å². The maximum Gasteiger partial charge on any atom is 0.306 e. The van der Waals surface area contributed by atoms with Crippen LogP contribution >= 0.6 is 0 Å². The Labute approximate surface area is 217 Å². The van der Waals surface area contributed by atoms with Crippen LogP contribution in [0.2, 0.25) is 0 Å². The van der Waals surface area contributed by atoms with E-state index in [0.29, 0.717) is 0 Å². The zero-order chi connectivity index (χ0) is 25.3. The van der Waals surface area contributed by atoms with Crippen molar-refractivity contribution in [3.8, 4) is 22.3 Å². The Morgan fingerprint density at radius 1 is 0.833 bits per heavy atom. The molecule has 3 aromatic carbocycles. The minimum absolute atomic E-state index is 0.275.